The largest absolute Gasteiger partial charge is 0.456 e. The van der Waals surface area contributed by atoms with Gasteiger partial charge >= 0.3 is 0 Å². The number of benzene rings is 11. The number of anilines is 3. The minimum absolute atomic E-state index is 0.891. The van der Waals surface area contributed by atoms with Crippen molar-refractivity contribution in [2.75, 3.05) is 4.90 Å². The van der Waals surface area contributed by atoms with E-state index < -0.39 is 0 Å². The van der Waals surface area contributed by atoms with Gasteiger partial charge in [-0.1, -0.05) is 194 Å². The van der Waals surface area contributed by atoms with Crippen LogP contribution in [0.25, 0.3) is 88.3 Å². The molecule has 0 unspecified atom stereocenters. The highest BCUT2D eigenvalue weighted by Crippen LogP contribution is 2.49. The van der Waals surface area contributed by atoms with E-state index in [1.54, 1.807) is 0 Å². The molecule has 0 N–H and O–H groups in total. The van der Waals surface area contributed by atoms with Gasteiger partial charge in [0.2, 0.25) is 0 Å². The molecule has 1 heterocycles. The second-order valence-corrected chi connectivity index (χ2v) is 16.4. The Hall–Kier alpha value is -8.46. The molecule has 0 saturated carbocycles. The van der Waals surface area contributed by atoms with E-state index in [9.17, 15) is 0 Å². The highest BCUT2D eigenvalue weighted by Gasteiger charge is 2.22. The molecule has 0 bridgehead atoms. The third kappa shape index (κ3) is 6.61. The van der Waals surface area contributed by atoms with Crippen LogP contribution in [0.5, 0.6) is 11.5 Å². The minimum Gasteiger partial charge on any atom is -0.456 e. The SMILES string of the molecule is c1ccc(-c2ccc(-c3ccc(N(c4cccc(-c5cccc6ccccc56)c4)c4cccc(-c5ccc6c7c(cccc57)-c5ccccc5O6)c4)cc3)cc2-c2ccccc2)cc1. The predicted molar refractivity (Wildman–Crippen MR) is 269 cm³/mol. The first-order valence-corrected chi connectivity index (χ1v) is 21.9. The van der Waals surface area contributed by atoms with Gasteiger partial charge in [-0.2, -0.15) is 0 Å². The third-order valence-corrected chi connectivity index (χ3v) is 12.7. The molecular weight excluding hydrogens is 775 g/mol. The second kappa shape index (κ2) is 15.8. The van der Waals surface area contributed by atoms with Crippen molar-refractivity contribution in [3.05, 3.63) is 249 Å². The van der Waals surface area contributed by atoms with E-state index in [2.05, 4.69) is 248 Å². The fourth-order valence-electron chi connectivity index (χ4n) is 9.63. The van der Waals surface area contributed by atoms with Crippen LogP contribution in [0.1, 0.15) is 0 Å². The van der Waals surface area contributed by atoms with Crippen LogP contribution in [0.2, 0.25) is 0 Å². The van der Waals surface area contributed by atoms with E-state index in [0.717, 1.165) is 50.6 Å². The Kier molecular flexibility index (Phi) is 9.20. The van der Waals surface area contributed by atoms with Crippen molar-refractivity contribution >= 4 is 38.6 Å². The Morgan fingerprint density at radius 1 is 0.250 bits per heavy atom. The predicted octanol–water partition coefficient (Wildman–Crippen LogP) is 17.6. The first-order chi connectivity index (χ1) is 31.7. The van der Waals surface area contributed by atoms with Gasteiger partial charge in [-0.15, -0.1) is 0 Å². The lowest BCUT2D eigenvalue weighted by Gasteiger charge is -2.27. The van der Waals surface area contributed by atoms with Gasteiger partial charge < -0.3 is 9.64 Å². The molecular formula is C62H41NO. The maximum atomic E-state index is 6.48. The number of ether oxygens (including phenoxy) is 1. The lowest BCUT2D eigenvalue weighted by atomic mass is 9.90. The van der Waals surface area contributed by atoms with Gasteiger partial charge in [0.25, 0.3) is 0 Å². The van der Waals surface area contributed by atoms with Crippen LogP contribution >= 0.6 is 0 Å². The summed E-state index contributed by atoms with van der Waals surface area (Å²) in [7, 11) is 0. The number of fused-ring (bicyclic) bond motifs is 3. The highest BCUT2D eigenvalue weighted by atomic mass is 16.5. The fraction of sp³-hybridized carbons (Fsp3) is 0. The van der Waals surface area contributed by atoms with Crippen LogP contribution in [0.4, 0.5) is 17.1 Å². The Morgan fingerprint density at radius 2 is 0.781 bits per heavy atom. The van der Waals surface area contributed by atoms with Crippen molar-refractivity contribution in [3.63, 3.8) is 0 Å². The molecule has 64 heavy (non-hydrogen) atoms. The molecule has 2 heteroatoms. The maximum absolute atomic E-state index is 6.48. The minimum atomic E-state index is 0.891. The van der Waals surface area contributed by atoms with Gasteiger partial charge in [-0.3, -0.25) is 0 Å². The summed E-state index contributed by atoms with van der Waals surface area (Å²) in [5, 5.41) is 4.78. The van der Waals surface area contributed by atoms with Crippen LogP contribution < -0.4 is 9.64 Å². The molecule has 300 valence electrons. The molecule has 0 aliphatic carbocycles. The Bertz CT molecular complexity index is 3510. The number of hydrogen-bond donors (Lipinski definition) is 0. The molecule has 12 rings (SSSR count). The molecule has 0 radical (unpaired) electrons. The lowest BCUT2D eigenvalue weighted by Crippen LogP contribution is -2.10. The first-order valence-electron chi connectivity index (χ1n) is 21.9. The van der Waals surface area contributed by atoms with E-state index >= 15 is 0 Å². The average Bonchev–Trinajstić information content (AvgIpc) is 3.37. The summed E-state index contributed by atoms with van der Waals surface area (Å²) in [6, 6.07) is 89.7. The van der Waals surface area contributed by atoms with E-state index in [1.807, 2.05) is 6.07 Å². The van der Waals surface area contributed by atoms with Gasteiger partial charge in [0, 0.05) is 28.0 Å². The van der Waals surface area contributed by atoms with Crippen molar-refractivity contribution in [1.82, 2.24) is 0 Å². The van der Waals surface area contributed by atoms with E-state index in [1.165, 1.54) is 66.2 Å². The normalized spacial score (nSPS) is 11.6. The van der Waals surface area contributed by atoms with Gasteiger partial charge in [0.1, 0.15) is 11.5 Å². The molecule has 1 aliphatic heterocycles. The summed E-state index contributed by atoms with van der Waals surface area (Å²) in [4.78, 5) is 2.39. The molecule has 11 aromatic carbocycles. The molecule has 2 nitrogen and oxygen atoms in total. The summed E-state index contributed by atoms with van der Waals surface area (Å²) < 4.78 is 6.48. The van der Waals surface area contributed by atoms with Crippen LogP contribution in [-0.2, 0) is 0 Å². The van der Waals surface area contributed by atoms with Crippen molar-refractivity contribution in [1.29, 1.82) is 0 Å². The number of hydrogen-bond acceptors (Lipinski definition) is 2. The van der Waals surface area contributed by atoms with Gasteiger partial charge in [-0.05, 0) is 132 Å². The van der Waals surface area contributed by atoms with Crippen LogP contribution in [0, 0.1) is 0 Å². The molecule has 0 saturated heterocycles. The van der Waals surface area contributed by atoms with Gasteiger partial charge in [0.15, 0.2) is 0 Å². The molecule has 0 fully saturated rings. The Labute approximate surface area is 373 Å². The number of rotatable bonds is 8. The summed E-state index contributed by atoms with van der Waals surface area (Å²) in [5.41, 5.74) is 17.4. The van der Waals surface area contributed by atoms with Crippen molar-refractivity contribution < 1.29 is 4.74 Å². The van der Waals surface area contributed by atoms with Gasteiger partial charge in [-0.25, -0.2) is 0 Å². The highest BCUT2D eigenvalue weighted by molar-refractivity contribution is 6.10. The van der Waals surface area contributed by atoms with E-state index in [4.69, 9.17) is 4.74 Å². The zero-order valence-electron chi connectivity index (χ0n) is 35.0. The summed E-state index contributed by atoms with van der Waals surface area (Å²) in [6.07, 6.45) is 0. The standard InChI is InChI=1S/C62H41NO/c1-3-15-43(16-4-1)54-36-33-46(41-59(54)45-17-5-2-6-18-45)42-31-34-49(35-32-42)63(50-23-11-21-47(39-50)53-27-13-20-44-19-7-8-25-52(44)53)51-24-12-22-48(40-51)55-37-38-61-62-57(55)28-14-29-58(62)56-26-9-10-30-60(56)64-61/h1-41H. The van der Waals surface area contributed by atoms with Crippen molar-refractivity contribution in [3.8, 4) is 78.3 Å². The summed E-state index contributed by atoms with van der Waals surface area (Å²) in [5.74, 6) is 1.78. The molecule has 0 spiro atoms. The van der Waals surface area contributed by atoms with E-state index in [-0.39, 0.29) is 0 Å². The fourth-order valence-corrected chi connectivity index (χ4v) is 9.63. The van der Waals surface area contributed by atoms with Crippen molar-refractivity contribution in [2.45, 2.75) is 0 Å². The smallest absolute Gasteiger partial charge is 0.135 e. The Balaban J connectivity index is 0.986. The summed E-state index contributed by atoms with van der Waals surface area (Å²) in [6.45, 7) is 0. The number of para-hydroxylation sites is 1. The van der Waals surface area contributed by atoms with Crippen LogP contribution in [0.15, 0.2) is 249 Å². The molecule has 0 atom stereocenters. The zero-order chi connectivity index (χ0) is 42.4. The third-order valence-electron chi connectivity index (χ3n) is 12.7. The molecule has 1 aliphatic rings. The average molecular weight is 816 g/mol. The summed E-state index contributed by atoms with van der Waals surface area (Å²) >= 11 is 0. The zero-order valence-corrected chi connectivity index (χ0v) is 35.0. The van der Waals surface area contributed by atoms with Crippen molar-refractivity contribution in [2.24, 2.45) is 0 Å². The topological polar surface area (TPSA) is 12.5 Å². The van der Waals surface area contributed by atoms with Crippen LogP contribution in [0.3, 0.4) is 0 Å². The van der Waals surface area contributed by atoms with E-state index in [0.29, 0.717) is 0 Å². The lowest BCUT2D eigenvalue weighted by molar-refractivity contribution is 0.487. The molecule has 11 aromatic rings. The Morgan fingerprint density at radius 3 is 1.55 bits per heavy atom. The molecule has 0 amide bonds. The van der Waals surface area contributed by atoms with Crippen LogP contribution in [-0.4, -0.2) is 0 Å². The quantitative estimate of drug-likeness (QED) is 0.151. The monoisotopic (exact) mass is 815 g/mol. The second-order valence-electron chi connectivity index (χ2n) is 16.4. The maximum Gasteiger partial charge on any atom is 0.135 e. The molecule has 0 aromatic heterocycles. The van der Waals surface area contributed by atoms with Gasteiger partial charge in [0.05, 0.1) is 0 Å². The first kappa shape index (κ1) is 37.3. The number of nitrogens with zero attached hydrogens (tertiary/aromatic N) is 1.